The molecule has 96 valence electrons. The highest BCUT2D eigenvalue weighted by Crippen LogP contribution is 2.25. The predicted molar refractivity (Wildman–Crippen MR) is 72.6 cm³/mol. The van der Waals surface area contributed by atoms with Gasteiger partial charge in [0.15, 0.2) is 0 Å². The molecule has 3 heteroatoms. The molecule has 0 saturated heterocycles. The van der Waals surface area contributed by atoms with Gasteiger partial charge in [-0.25, -0.2) is 4.68 Å². The zero-order valence-electron chi connectivity index (χ0n) is 11.0. The van der Waals surface area contributed by atoms with Crippen molar-refractivity contribution in [2.45, 2.75) is 32.8 Å². The summed E-state index contributed by atoms with van der Waals surface area (Å²) in [5, 5.41) is 14.5. The molecular weight excluding hydrogens is 224 g/mol. The minimum absolute atomic E-state index is 0.267. The van der Waals surface area contributed by atoms with Crippen molar-refractivity contribution in [3.63, 3.8) is 0 Å². The molecule has 0 aliphatic heterocycles. The molecule has 2 unspecified atom stereocenters. The van der Waals surface area contributed by atoms with E-state index < -0.39 is 6.10 Å². The van der Waals surface area contributed by atoms with Crippen LogP contribution in [-0.2, 0) is 0 Å². The Morgan fingerprint density at radius 1 is 1.28 bits per heavy atom. The largest absolute Gasteiger partial charge is 0.388 e. The third-order valence-electron chi connectivity index (χ3n) is 3.25. The van der Waals surface area contributed by atoms with E-state index >= 15 is 0 Å². The summed E-state index contributed by atoms with van der Waals surface area (Å²) in [7, 11) is 0. The fraction of sp³-hybridized carbons (Fsp3) is 0.400. The standard InChI is InChI=1S/C15H20N2O/c1-3-7-12(2)15(18)13-10-16-17(11-13)14-8-5-4-6-9-14/h4-6,8-12,15,18H,3,7H2,1-2H3. The predicted octanol–water partition coefficient (Wildman–Crippen LogP) is 3.34. The van der Waals surface area contributed by atoms with Gasteiger partial charge in [-0.05, 0) is 24.5 Å². The van der Waals surface area contributed by atoms with Crippen LogP contribution in [-0.4, -0.2) is 14.9 Å². The normalized spacial score (nSPS) is 14.4. The number of aromatic nitrogens is 2. The molecule has 2 atom stereocenters. The van der Waals surface area contributed by atoms with E-state index in [1.54, 1.807) is 10.9 Å². The van der Waals surface area contributed by atoms with Gasteiger partial charge in [-0.2, -0.15) is 5.10 Å². The molecule has 0 amide bonds. The van der Waals surface area contributed by atoms with E-state index in [1.165, 1.54) is 0 Å². The van der Waals surface area contributed by atoms with Crippen molar-refractivity contribution >= 4 is 0 Å². The van der Waals surface area contributed by atoms with Gasteiger partial charge in [0, 0.05) is 11.8 Å². The second kappa shape index (κ2) is 5.83. The van der Waals surface area contributed by atoms with Crippen molar-refractivity contribution in [3.8, 4) is 5.69 Å². The molecule has 0 fully saturated rings. The third-order valence-corrected chi connectivity index (χ3v) is 3.25. The Kier molecular flexibility index (Phi) is 4.15. The lowest BCUT2D eigenvalue weighted by molar-refractivity contribution is 0.112. The SMILES string of the molecule is CCCC(C)C(O)c1cnn(-c2ccccc2)c1. The van der Waals surface area contributed by atoms with Crippen LogP contribution >= 0.6 is 0 Å². The maximum atomic E-state index is 10.2. The lowest BCUT2D eigenvalue weighted by atomic mass is 9.96. The van der Waals surface area contributed by atoms with Gasteiger partial charge in [0.05, 0.1) is 18.0 Å². The summed E-state index contributed by atoms with van der Waals surface area (Å²) in [5.41, 5.74) is 1.90. The molecule has 0 bridgehead atoms. The van der Waals surface area contributed by atoms with E-state index in [2.05, 4.69) is 18.9 Å². The summed E-state index contributed by atoms with van der Waals surface area (Å²) < 4.78 is 1.80. The summed E-state index contributed by atoms with van der Waals surface area (Å²) in [6.45, 7) is 4.21. The van der Waals surface area contributed by atoms with E-state index in [4.69, 9.17) is 0 Å². The lowest BCUT2D eigenvalue weighted by Gasteiger charge is -2.16. The van der Waals surface area contributed by atoms with Crippen molar-refractivity contribution in [2.75, 3.05) is 0 Å². The molecule has 1 aromatic carbocycles. The number of hydrogen-bond donors (Lipinski definition) is 1. The summed E-state index contributed by atoms with van der Waals surface area (Å²) >= 11 is 0. The van der Waals surface area contributed by atoms with Crippen LogP contribution in [0.15, 0.2) is 42.7 Å². The van der Waals surface area contributed by atoms with Crippen molar-refractivity contribution in [3.05, 3.63) is 48.3 Å². The molecule has 0 aliphatic rings. The van der Waals surface area contributed by atoms with E-state index in [0.29, 0.717) is 0 Å². The van der Waals surface area contributed by atoms with Gasteiger partial charge < -0.3 is 5.11 Å². The number of aliphatic hydroxyl groups is 1. The highest BCUT2D eigenvalue weighted by molar-refractivity contribution is 5.31. The van der Waals surface area contributed by atoms with Gasteiger partial charge in [-0.1, -0.05) is 38.5 Å². The third kappa shape index (κ3) is 2.79. The topological polar surface area (TPSA) is 38.1 Å². The van der Waals surface area contributed by atoms with Gasteiger partial charge in [0.1, 0.15) is 0 Å². The number of benzene rings is 1. The summed E-state index contributed by atoms with van der Waals surface area (Å²) in [6.07, 6.45) is 5.35. The number of para-hydroxylation sites is 1. The minimum Gasteiger partial charge on any atom is -0.388 e. The molecule has 18 heavy (non-hydrogen) atoms. The van der Waals surface area contributed by atoms with Crippen LogP contribution in [0.2, 0.25) is 0 Å². The number of hydrogen-bond acceptors (Lipinski definition) is 2. The van der Waals surface area contributed by atoms with Gasteiger partial charge in [-0.3, -0.25) is 0 Å². The molecule has 0 radical (unpaired) electrons. The molecule has 1 aromatic heterocycles. The smallest absolute Gasteiger partial charge is 0.0846 e. The van der Waals surface area contributed by atoms with Crippen LogP contribution in [0.3, 0.4) is 0 Å². The van der Waals surface area contributed by atoms with Crippen LogP contribution in [0, 0.1) is 5.92 Å². The Labute approximate surface area is 108 Å². The first kappa shape index (κ1) is 12.8. The highest BCUT2D eigenvalue weighted by atomic mass is 16.3. The number of aliphatic hydroxyl groups excluding tert-OH is 1. The van der Waals surface area contributed by atoms with Crippen molar-refractivity contribution in [1.82, 2.24) is 9.78 Å². The first-order valence-electron chi connectivity index (χ1n) is 6.50. The Bertz CT molecular complexity index is 478. The molecule has 2 aromatic rings. The van der Waals surface area contributed by atoms with E-state index in [9.17, 15) is 5.11 Å². The Hall–Kier alpha value is -1.61. The Morgan fingerprint density at radius 3 is 2.67 bits per heavy atom. The quantitative estimate of drug-likeness (QED) is 0.876. The molecule has 2 rings (SSSR count). The maximum absolute atomic E-state index is 10.2. The first-order chi connectivity index (χ1) is 8.72. The van der Waals surface area contributed by atoms with Crippen molar-refractivity contribution in [1.29, 1.82) is 0 Å². The highest BCUT2D eigenvalue weighted by Gasteiger charge is 2.17. The lowest BCUT2D eigenvalue weighted by Crippen LogP contribution is -2.08. The maximum Gasteiger partial charge on any atom is 0.0846 e. The first-order valence-corrected chi connectivity index (χ1v) is 6.50. The fourth-order valence-corrected chi connectivity index (χ4v) is 2.15. The van der Waals surface area contributed by atoms with Crippen LogP contribution < -0.4 is 0 Å². The number of nitrogens with zero attached hydrogens (tertiary/aromatic N) is 2. The van der Waals surface area contributed by atoms with Gasteiger partial charge in [-0.15, -0.1) is 0 Å². The fourth-order valence-electron chi connectivity index (χ4n) is 2.15. The minimum atomic E-state index is -0.428. The van der Waals surface area contributed by atoms with Crippen LogP contribution in [0.25, 0.3) is 5.69 Å². The van der Waals surface area contributed by atoms with Crippen molar-refractivity contribution in [2.24, 2.45) is 5.92 Å². The molecule has 0 aliphatic carbocycles. The van der Waals surface area contributed by atoms with Crippen LogP contribution in [0.5, 0.6) is 0 Å². The molecule has 3 nitrogen and oxygen atoms in total. The average Bonchev–Trinajstić information content (AvgIpc) is 2.89. The van der Waals surface area contributed by atoms with Crippen LogP contribution in [0.4, 0.5) is 0 Å². The Morgan fingerprint density at radius 2 is 2.00 bits per heavy atom. The summed E-state index contributed by atoms with van der Waals surface area (Å²) in [5.74, 6) is 0.267. The number of rotatable bonds is 5. The van der Waals surface area contributed by atoms with E-state index in [1.807, 2.05) is 36.5 Å². The van der Waals surface area contributed by atoms with E-state index in [0.717, 1.165) is 24.1 Å². The molecule has 1 N–H and O–H groups in total. The molecule has 0 saturated carbocycles. The van der Waals surface area contributed by atoms with E-state index in [-0.39, 0.29) is 5.92 Å². The average molecular weight is 244 g/mol. The van der Waals surface area contributed by atoms with Gasteiger partial charge in [0.2, 0.25) is 0 Å². The van der Waals surface area contributed by atoms with Gasteiger partial charge >= 0.3 is 0 Å². The van der Waals surface area contributed by atoms with Crippen LogP contribution in [0.1, 0.15) is 38.4 Å². The van der Waals surface area contributed by atoms with Crippen molar-refractivity contribution < 1.29 is 5.11 Å². The Balaban J connectivity index is 2.15. The molecule has 0 spiro atoms. The monoisotopic (exact) mass is 244 g/mol. The molecule has 1 heterocycles. The summed E-state index contributed by atoms with van der Waals surface area (Å²) in [6, 6.07) is 9.93. The second-order valence-electron chi connectivity index (χ2n) is 4.76. The summed E-state index contributed by atoms with van der Waals surface area (Å²) in [4.78, 5) is 0. The zero-order valence-corrected chi connectivity index (χ0v) is 11.0. The van der Waals surface area contributed by atoms with Gasteiger partial charge in [0.25, 0.3) is 0 Å². The molecular formula is C15H20N2O. The zero-order chi connectivity index (χ0) is 13.0. The second-order valence-corrected chi connectivity index (χ2v) is 4.76.